The van der Waals surface area contributed by atoms with Gasteiger partial charge in [-0.15, -0.1) is 0 Å². The summed E-state index contributed by atoms with van der Waals surface area (Å²) >= 11 is 0. The molecule has 1 amide bonds. The number of carbonyl (C=O) groups is 1. The highest BCUT2D eigenvalue weighted by atomic mass is 32.2. The van der Waals surface area contributed by atoms with E-state index in [1.165, 1.54) is 12.3 Å². The molecule has 6 nitrogen and oxygen atoms in total. The van der Waals surface area contributed by atoms with E-state index < -0.39 is 15.9 Å². The Kier molecular flexibility index (Phi) is 2.60. The Morgan fingerprint density at radius 2 is 2.22 bits per heavy atom. The van der Waals surface area contributed by atoms with E-state index in [0.29, 0.717) is 12.3 Å². The molecule has 2 aliphatic rings. The molecular weight excluding hydrogens is 254 g/mol. The van der Waals surface area contributed by atoms with Crippen LogP contribution in [0.2, 0.25) is 0 Å². The van der Waals surface area contributed by atoms with Gasteiger partial charge in [0.25, 0.3) is 15.9 Å². The summed E-state index contributed by atoms with van der Waals surface area (Å²) in [6.45, 7) is 2.03. The maximum atomic E-state index is 12.1. The average molecular weight is 267 g/mol. The topological polar surface area (TPSA) is 79.4 Å². The molecule has 0 saturated carbocycles. The first kappa shape index (κ1) is 11.6. The van der Waals surface area contributed by atoms with Gasteiger partial charge in [-0.25, -0.2) is 9.29 Å². The highest BCUT2D eigenvalue weighted by Crippen LogP contribution is 2.28. The van der Waals surface area contributed by atoms with Crippen LogP contribution in [0.4, 0.5) is 0 Å². The van der Waals surface area contributed by atoms with Crippen LogP contribution in [0.5, 0.6) is 0 Å². The fourth-order valence-corrected chi connectivity index (χ4v) is 3.68. The van der Waals surface area contributed by atoms with Gasteiger partial charge in [0, 0.05) is 12.7 Å². The summed E-state index contributed by atoms with van der Waals surface area (Å²) in [6, 6.07) is 3.08. The van der Waals surface area contributed by atoms with Crippen molar-refractivity contribution in [3.63, 3.8) is 0 Å². The second kappa shape index (κ2) is 4.03. The number of rotatable bonds is 3. The largest absolute Gasteiger partial charge is 0.316 e. The smallest absolute Gasteiger partial charge is 0.285 e. The van der Waals surface area contributed by atoms with E-state index in [1.807, 2.05) is 0 Å². The third-order valence-electron chi connectivity index (χ3n) is 3.37. The monoisotopic (exact) mass is 267 g/mol. The highest BCUT2D eigenvalue weighted by Gasteiger charge is 2.42. The Bertz CT molecular complexity index is 595. The number of hydrogen-bond donors (Lipinski definition) is 1. The fraction of sp³-hybridized carbons (Fsp3) is 0.455. The Hall–Kier alpha value is -1.47. The van der Waals surface area contributed by atoms with Crippen LogP contribution in [-0.4, -0.2) is 43.2 Å². The van der Waals surface area contributed by atoms with E-state index in [2.05, 4.69) is 10.3 Å². The van der Waals surface area contributed by atoms with E-state index >= 15 is 0 Å². The Balaban J connectivity index is 1.86. The molecule has 0 unspecified atom stereocenters. The lowest BCUT2D eigenvalue weighted by atomic mass is 9.99. The molecule has 1 saturated heterocycles. The maximum absolute atomic E-state index is 12.1. The normalized spacial score (nSPS) is 21.8. The lowest BCUT2D eigenvalue weighted by Crippen LogP contribution is -2.44. The summed E-state index contributed by atoms with van der Waals surface area (Å²) < 4.78 is 25.2. The second-order valence-electron chi connectivity index (χ2n) is 4.55. The highest BCUT2D eigenvalue weighted by molar-refractivity contribution is 7.90. The number of nitrogens with zero attached hydrogens (tertiary/aromatic N) is 2. The minimum Gasteiger partial charge on any atom is -0.316 e. The number of aromatic nitrogens is 1. The van der Waals surface area contributed by atoms with Gasteiger partial charge in [0.15, 0.2) is 5.03 Å². The molecule has 1 aromatic rings. The van der Waals surface area contributed by atoms with Gasteiger partial charge in [0.2, 0.25) is 0 Å². The molecule has 3 heterocycles. The van der Waals surface area contributed by atoms with Crippen molar-refractivity contribution in [3.05, 3.63) is 23.9 Å². The number of nitrogens with one attached hydrogen (secondary N) is 1. The van der Waals surface area contributed by atoms with Crippen LogP contribution in [0.3, 0.4) is 0 Å². The molecule has 0 aromatic carbocycles. The van der Waals surface area contributed by atoms with Crippen molar-refractivity contribution in [2.75, 3.05) is 19.6 Å². The van der Waals surface area contributed by atoms with Crippen molar-refractivity contribution in [2.24, 2.45) is 5.92 Å². The first-order valence-electron chi connectivity index (χ1n) is 5.83. The molecule has 1 N–H and O–H groups in total. The minimum absolute atomic E-state index is 0.110. The summed E-state index contributed by atoms with van der Waals surface area (Å²) in [5, 5.41) is 3.01. The van der Waals surface area contributed by atoms with Gasteiger partial charge in [0.05, 0.1) is 5.56 Å². The molecule has 2 aliphatic heterocycles. The van der Waals surface area contributed by atoms with Crippen LogP contribution in [0, 0.1) is 5.92 Å². The van der Waals surface area contributed by atoms with Crippen LogP contribution in [0.1, 0.15) is 16.8 Å². The third-order valence-corrected chi connectivity index (χ3v) is 5.11. The molecule has 0 aliphatic carbocycles. The van der Waals surface area contributed by atoms with Gasteiger partial charge in [-0.2, -0.15) is 8.42 Å². The van der Waals surface area contributed by atoms with Crippen molar-refractivity contribution in [1.82, 2.24) is 14.6 Å². The number of fused-ring (bicyclic) bond motifs is 1. The van der Waals surface area contributed by atoms with E-state index in [1.54, 1.807) is 6.07 Å². The molecule has 18 heavy (non-hydrogen) atoms. The van der Waals surface area contributed by atoms with Gasteiger partial charge >= 0.3 is 0 Å². The fourth-order valence-electron chi connectivity index (χ4n) is 2.18. The third kappa shape index (κ3) is 1.62. The lowest BCUT2D eigenvalue weighted by Gasteiger charge is -2.28. The summed E-state index contributed by atoms with van der Waals surface area (Å²) in [7, 11) is -3.72. The maximum Gasteiger partial charge on any atom is 0.285 e. The summed E-state index contributed by atoms with van der Waals surface area (Å²) in [6.07, 6.45) is 2.09. The first-order chi connectivity index (χ1) is 8.60. The zero-order valence-corrected chi connectivity index (χ0v) is 10.5. The van der Waals surface area contributed by atoms with Crippen molar-refractivity contribution >= 4 is 15.9 Å². The number of hydrogen-bond acceptors (Lipinski definition) is 5. The van der Waals surface area contributed by atoms with Crippen LogP contribution in [0.15, 0.2) is 23.4 Å². The zero-order chi connectivity index (χ0) is 12.8. The molecular formula is C11H13N3O3S. The van der Waals surface area contributed by atoms with E-state index in [9.17, 15) is 13.2 Å². The first-order valence-corrected chi connectivity index (χ1v) is 7.27. The Morgan fingerprint density at radius 1 is 1.44 bits per heavy atom. The quantitative estimate of drug-likeness (QED) is 0.823. The number of carbonyl (C=O) groups excluding carboxylic acids is 1. The number of pyridine rings is 1. The molecule has 0 spiro atoms. The van der Waals surface area contributed by atoms with E-state index in [0.717, 1.165) is 17.4 Å². The molecule has 3 rings (SSSR count). The molecule has 1 aromatic heterocycles. The van der Waals surface area contributed by atoms with Crippen LogP contribution in [0.25, 0.3) is 0 Å². The van der Waals surface area contributed by atoms with Crippen molar-refractivity contribution in [2.45, 2.75) is 11.4 Å². The molecule has 0 atom stereocenters. The standard InChI is InChI=1S/C11H13N3O3S/c15-11-9-2-1-4-13-10(9)18(16,17)14(11)5-3-8-6-12-7-8/h1-2,4,8,12H,3,5-7H2. The summed E-state index contributed by atoms with van der Waals surface area (Å²) in [5.41, 5.74) is 0.184. The van der Waals surface area contributed by atoms with Crippen molar-refractivity contribution in [1.29, 1.82) is 0 Å². The zero-order valence-electron chi connectivity index (χ0n) is 9.67. The minimum atomic E-state index is -3.72. The average Bonchev–Trinajstić information content (AvgIpc) is 2.49. The predicted octanol–water partition coefficient (Wildman–Crippen LogP) is -0.164. The van der Waals surface area contributed by atoms with Crippen molar-refractivity contribution < 1.29 is 13.2 Å². The second-order valence-corrected chi connectivity index (χ2v) is 6.33. The van der Waals surface area contributed by atoms with E-state index in [4.69, 9.17) is 0 Å². The van der Waals surface area contributed by atoms with Gasteiger partial charge in [-0.1, -0.05) is 0 Å². The molecule has 96 valence electrons. The Morgan fingerprint density at radius 3 is 2.83 bits per heavy atom. The molecule has 1 fully saturated rings. The van der Waals surface area contributed by atoms with E-state index in [-0.39, 0.29) is 17.1 Å². The van der Waals surface area contributed by atoms with Crippen LogP contribution in [-0.2, 0) is 10.0 Å². The predicted molar refractivity (Wildman–Crippen MR) is 63.4 cm³/mol. The van der Waals surface area contributed by atoms with Gasteiger partial charge in [0.1, 0.15) is 0 Å². The van der Waals surface area contributed by atoms with Gasteiger partial charge in [-0.3, -0.25) is 4.79 Å². The Labute approximate surface area is 105 Å². The van der Waals surface area contributed by atoms with Crippen LogP contribution < -0.4 is 5.32 Å². The number of amides is 1. The summed E-state index contributed by atoms with van der Waals surface area (Å²) in [4.78, 5) is 15.8. The lowest BCUT2D eigenvalue weighted by molar-refractivity contribution is 0.0862. The summed E-state index contributed by atoms with van der Waals surface area (Å²) in [5.74, 6) is 0.00931. The number of sulfonamides is 1. The van der Waals surface area contributed by atoms with Gasteiger partial charge in [-0.05, 0) is 37.6 Å². The SMILES string of the molecule is O=C1c2cccnc2S(=O)(=O)N1CCC1CNC1. The van der Waals surface area contributed by atoms with Crippen molar-refractivity contribution in [3.8, 4) is 0 Å². The van der Waals surface area contributed by atoms with Crippen LogP contribution >= 0.6 is 0 Å². The molecule has 0 radical (unpaired) electrons. The molecule has 0 bridgehead atoms. The molecule has 7 heteroatoms. The van der Waals surface area contributed by atoms with Gasteiger partial charge < -0.3 is 5.32 Å².